The van der Waals surface area contributed by atoms with Crippen LogP contribution in [0, 0.1) is 0 Å². The third kappa shape index (κ3) is 2.31. The van der Waals surface area contributed by atoms with Gasteiger partial charge in [0.1, 0.15) is 12.4 Å². The molecule has 2 aromatic rings. The molecular formula is C13H12BrN3O. The van der Waals surface area contributed by atoms with Crippen LogP contribution in [0.4, 0.5) is 5.95 Å². The lowest BCUT2D eigenvalue weighted by molar-refractivity contribution is 0.331. The predicted octanol–water partition coefficient (Wildman–Crippen LogP) is 2.64. The van der Waals surface area contributed by atoms with Gasteiger partial charge in [-0.25, -0.2) is 9.97 Å². The first kappa shape index (κ1) is 11.5. The molecule has 0 aliphatic carbocycles. The average molecular weight is 306 g/mol. The molecule has 0 unspecified atom stereocenters. The number of para-hydroxylation sites is 1. The number of aromatic nitrogens is 2. The number of halogens is 1. The van der Waals surface area contributed by atoms with E-state index in [-0.39, 0.29) is 0 Å². The molecule has 0 radical (unpaired) electrons. The number of hydrogen-bond acceptors (Lipinski definition) is 4. The Kier molecular flexibility index (Phi) is 3.15. The third-order valence-electron chi connectivity index (χ3n) is 2.84. The molecule has 1 aromatic heterocycles. The van der Waals surface area contributed by atoms with E-state index in [2.05, 4.69) is 36.9 Å². The molecule has 5 heteroatoms. The third-order valence-corrected chi connectivity index (χ3v) is 3.25. The highest BCUT2D eigenvalue weighted by Gasteiger charge is 2.16. The van der Waals surface area contributed by atoms with E-state index in [4.69, 9.17) is 4.74 Å². The van der Waals surface area contributed by atoms with Gasteiger partial charge in [-0.15, -0.1) is 0 Å². The monoisotopic (exact) mass is 305 g/mol. The number of nitrogens with zero attached hydrogens (tertiary/aromatic N) is 3. The number of benzene rings is 1. The minimum absolute atomic E-state index is 0.649. The molecule has 0 saturated heterocycles. The molecule has 1 aliphatic heterocycles. The zero-order chi connectivity index (χ0) is 12.4. The Morgan fingerprint density at radius 3 is 2.78 bits per heavy atom. The van der Waals surface area contributed by atoms with Gasteiger partial charge in [-0.05, 0) is 22.0 Å². The van der Waals surface area contributed by atoms with Crippen LogP contribution in [-0.4, -0.2) is 23.1 Å². The smallest absolute Gasteiger partial charge is 0.225 e. The van der Waals surface area contributed by atoms with Crippen molar-refractivity contribution in [2.45, 2.75) is 6.54 Å². The van der Waals surface area contributed by atoms with E-state index < -0.39 is 0 Å². The fourth-order valence-corrected chi connectivity index (χ4v) is 2.17. The van der Waals surface area contributed by atoms with Gasteiger partial charge in [-0.3, -0.25) is 0 Å². The first-order valence-electron chi connectivity index (χ1n) is 5.76. The highest BCUT2D eigenvalue weighted by molar-refractivity contribution is 9.10. The number of anilines is 1. The Morgan fingerprint density at radius 2 is 1.94 bits per heavy atom. The Morgan fingerprint density at radius 1 is 1.17 bits per heavy atom. The van der Waals surface area contributed by atoms with E-state index in [0.717, 1.165) is 29.3 Å². The van der Waals surface area contributed by atoms with Gasteiger partial charge in [-0.2, -0.15) is 0 Å². The van der Waals surface area contributed by atoms with Gasteiger partial charge in [0, 0.05) is 24.5 Å². The van der Waals surface area contributed by atoms with Gasteiger partial charge in [-0.1, -0.05) is 18.2 Å². The molecule has 0 bridgehead atoms. The van der Waals surface area contributed by atoms with Gasteiger partial charge < -0.3 is 9.64 Å². The average Bonchev–Trinajstić information content (AvgIpc) is 2.61. The zero-order valence-corrected chi connectivity index (χ0v) is 11.3. The van der Waals surface area contributed by atoms with E-state index in [1.165, 1.54) is 5.56 Å². The summed E-state index contributed by atoms with van der Waals surface area (Å²) in [5.74, 6) is 1.69. The van der Waals surface area contributed by atoms with Crippen LogP contribution < -0.4 is 9.64 Å². The van der Waals surface area contributed by atoms with Crippen LogP contribution in [0.5, 0.6) is 5.75 Å². The summed E-state index contributed by atoms with van der Waals surface area (Å²) in [6.07, 6.45) is 3.53. The SMILES string of the molecule is Brc1cnc(N2CCOc3ccccc3C2)nc1. The number of rotatable bonds is 1. The van der Waals surface area contributed by atoms with Crippen LogP contribution in [0.3, 0.4) is 0 Å². The van der Waals surface area contributed by atoms with Gasteiger partial charge in [0.15, 0.2) is 0 Å². The van der Waals surface area contributed by atoms with E-state index in [0.29, 0.717) is 6.61 Å². The van der Waals surface area contributed by atoms with Crippen molar-refractivity contribution in [3.8, 4) is 5.75 Å². The molecule has 18 heavy (non-hydrogen) atoms. The van der Waals surface area contributed by atoms with E-state index >= 15 is 0 Å². The topological polar surface area (TPSA) is 38.2 Å². The van der Waals surface area contributed by atoms with Crippen molar-refractivity contribution in [1.82, 2.24) is 9.97 Å². The minimum Gasteiger partial charge on any atom is -0.491 e. The summed E-state index contributed by atoms with van der Waals surface area (Å²) in [4.78, 5) is 10.8. The van der Waals surface area contributed by atoms with Crippen LogP contribution in [0.2, 0.25) is 0 Å². The molecule has 0 amide bonds. The van der Waals surface area contributed by atoms with Crippen molar-refractivity contribution >= 4 is 21.9 Å². The number of hydrogen-bond donors (Lipinski definition) is 0. The molecule has 3 rings (SSSR count). The van der Waals surface area contributed by atoms with Gasteiger partial charge in [0.05, 0.1) is 11.0 Å². The molecule has 1 aromatic carbocycles. The van der Waals surface area contributed by atoms with Crippen molar-refractivity contribution in [3.05, 3.63) is 46.7 Å². The fourth-order valence-electron chi connectivity index (χ4n) is 1.97. The molecule has 0 saturated carbocycles. The molecule has 0 spiro atoms. The van der Waals surface area contributed by atoms with Crippen LogP contribution in [0.25, 0.3) is 0 Å². The summed E-state index contributed by atoms with van der Waals surface area (Å²) in [5, 5.41) is 0. The molecular weight excluding hydrogens is 294 g/mol. The first-order valence-corrected chi connectivity index (χ1v) is 6.55. The van der Waals surface area contributed by atoms with Crippen molar-refractivity contribution in [2.24, 2.45) is 0 Å². The van der Waals surface area contributed by atoms with Crippen molar-refractivity contribution in [2.75, 3.05) is 18.1 Å². The van der Waals surface area contributed by atoms with Crippen molar-refractivity contribution in [1.29, 1.82) is 0 Å². The molecule has 1 aliphatic rings. The molecule has 2 heterocycles. The van der Waals surface area contributed by atoms with Gasteiger partial charge >= 0.3 is 0 Å². The zero-order valence-electron chi connectivity index (χ0n) is 9.71. The predicted molar refractivity (Wildman–Crippen MR) is 72.7 cm³/mol. The molecule has 0 fully saturated rings. The second kappa shape index (κ2) is 4.94. The van der Waals surface area contributed by atoms with Crippen LogP contribution in [0.1, 0.15) is 5.56 Å². The van der Waals surface area contributed by atoms with Crippen LogP contribution in [0.15, 0.2) is 41.1 Å². The second-order valence-corrected chi connectivity index (χ2v) is 4.99. The molecule has 4 nitrogen and oxygen atoms in total. The fraction of sp³-hybridized carbons (Fsp3) is 0.231. The van der Waals surface area contributed by atoms with Crippen molar-refractivity contribution in [3.63, 3.8) is 0 Å². The lowest BCUT2D eigenvalue weighted by Crippen LogP contribution is -2.27. The van der Waals surface area contributed by atoms with Gasteiger partial charge in [0.25, 0.3) is 0 Å². The Labute approximate surface area is 114 Å². The summed E-state index contributed by atoms with van der Waals surface area (Å²) < 4.78 is 6.60. The highest BCUT2D eigenvalue weighted by Crippen LogP contribution is 2.24. The van der Waals surface area contributed by atoms with E-state index in [9.17, 15) is 0 Å². The number of ether oxygens (including phenoxy) is 1. The van der Waals surface area contributed by atoms with Crippen LogP contribution >= 0.6 is 15.9 Å². The van der Waals surface area contributed by atoms with Crippen LogP contribution in [-0.2, 0) is 6.54 Å². The van der Waals surface area contributed by atoms with Crippen molar-refractivity contribution < 1.29 is 4.74 Å². The first-order chi connectivity index (χ1) is 8.83. The second-order valence-electron chi connectivity index (χ2n) is 4.08. The summed E-state index contributed by atoms with van der Waals surface area (Å²) in [7, 11) is 0. The largest absolute Gasteiger partial charge is 0.491 e. The van der Waals surface area contributed by atoms with E-state index in [1.807, 2.05) is 18.2 Å². The maximum Gasteiger partial charge on any atom is 0.225 e. The minimum atomic E-state index is 0.649. The maximum atomic E-state index is 5.72. The standard InChI is InChI=1S/C13H12BrN3O/c14-11-7-15-13(16-8-11)17-5-6-18-12-4-2-1-3-10(12)9-17/h1-4,7-8H,5-6,9H2. The molecule has 0 atom stereocenters. The Hall–Kier alpha value is -1.62. The number of fused-ring (bicyclic) bond motifs is 1. The molecule has 0 N–H and O–H groups in total. The highest BCUT2D eigenvalue weighted by atomic mass is 79.9. The summed E-state index contributed by atoms with van der Waals surface area (Å²) in [5.41, 5.74) is 1.17. The van der Waals surface area contributed by atoms with Gasteiger partial charge in [0.2, 0.25) is 5.95 Å². The normalized spacial score (nSPS) is 14.6. The summed E-state index contributed by atoms with van der Waals surface area (Å²) in [6.45, 7) is 2.21. The maximum absolute atomic E-state index is 5.72. The lowest BCUT2D eigenvalue weighted by Gasteiger charge is -2.19. The lowest BCUT2D eigenvalue weighted by atomic mass is 10.2. The summed E-state index contributed by atoms with van der Waals surface area (Å²) >= 11 is 3.34. The Balaban J connectivity index is 1.89. The van der Waals surface area contributed by atoms with E-state index in [1.54, 1.807) is 12.4 Å². The summed E-state index contributed by atoms with van der Waals surface area (Å²) in [6, 6.07) is 8.09. The Bertz CT molecular complexity index is 544. The quantitative estimate of drug-likeness (QED) is 0.812. The molecule has 92 valence electrons.